The number of nitrogens with one attached hydrogen (secondary N) is 1. The number of para-hydroxylation sites is 1. The monoisotopic (exact) mass is 279 g/mol. The van der Waals surface area contributed by atoms with Crippen molar-refractivity contribution in [3.05, 3.63) is 71.9 Å². The van der Waals surface area contributed by atoms with Crippen molar-refractivity contribution < 1.29 is 9.53 Å². The molecule has 3 aromatic rings. The van der Waals surface area contributed by atoms with Gasteiger partial charge >= 0.3 is 5.97 Å². The summed E-state index contributed by atoms with van der Waals surface area (Å²) in [7, 11) is 0. The second-order valence-corrected chi connectivity index (χ2v) is 5.00. The van der Waals surface area contributed by atoms with Crippen LogP contribution in [-0.2, 0) is 11.2 Å². The highest BCUT2D eigenvalue weighted by Gasteiger charge is 2.10. The van der Waals surface area contributed by atoms with Gasteiger partial charge in [-0.05, 0) is 30.5 Å². The lowest BCUT2D eigenvalue weighted by Gasteiger charge is -2.03. The fourth-order valence-corrected chi connectivity index (χ4v) is 2.35. The maximum absolute atomic E-state index is 12.0. The number of carbonyl (C=O) groups excluding carboxylic acids is 1. The Morgan fingerprint density at radius 1 is 1.00 bits per heavy atom. The molecule has 1 N–H and O–H groups in total. The first-order valence-electron chi connectivity index (χ1n) is 7.12. The molecular weight excluding hydrogens is 262 g/mol. The highest BCUT2D eigenvalue weighted by Crippen LogP contribution is 2.15. The highest BCUT2D eigenvalue weighted by molar-refractivity contribution is 5.94. The van der Waals surface area contributed by atoms with E-state index < -0.39 is 0 Å². The molecule has 0 aliphatic heterocycles. The Morgan fingerprint density at radius 3 is 2.57 bits per heavy atom. The fraction of sp³-hybridized carbons (Fsp3) is 0.167. The maximum Gasteiger partial charge on any atom is 0.354 e. The minimum Gasteiger partial charge on any atom is -0.461 e. The summed E-state index contributed by atoms with van der Waals surface area (Å²) in [5.41, 5.74) is 2.73. The van der Waals surface area contributed by atoms with E-state index in [0.717, 1.165) is 23.7 Å². The van der Waals surface area contributed by atoms with Crippen LogP contribution >= 0.6 is 0 Å². The first-order chi connectivity index (χ1) is 10.3. The third-order valence-corrected chi connectivity index (χ3v) is 3.44. The summed E-state index contributed by atoms with van der Waals surface area (Å²) in [4.78, 5) is 15.1. The number of hydrogen-bond acceptors (Lipinski definition) is 2. The van der Waals surface area contributed by atoms with Gasteiger partial charge in [-0.3, -0.25) is 0 Å². The van der Waals surface area contributed by atoms with Gasteiger partial charge in [0.2, 0.25) is 0 Å². The molecule has 0 saturated heterocycles. The number of carbonyl (C=O) groups is 1. The Balaban J connectivity index is 1.52. The summed E-state index contributed by atoms with van der Waals surface area (Å²) in [6.45, 7) is 0.434. The molecule has 21 heavy (non-hydrogen) atoms. The Hall–Kier alpha value is -2.55. The van der Waals surface area contributed by atoms with E-state index in [2.05, 4.69) is 17.1 Å². The number of aromatic amines is 1. The molecule has 0 atom stereocenters. The zero-order valence-electron chi connectivity index (χ0n) is 11.7. The van der Waals surface area contributed by atoms with E-state index in [-0.39, 0.29) is 5.97 Å². The largest absolute Gasteiger partial charge is 0.461 e. The summed E-state index contributed by atoms with van der Waals surface area (Å²) >= 11 is 0. The van der Waals surface area contributed by atoms with E-state index in [0.29, 0.717) is 12.3 Å². The number of aryl methyl sites for hydroxylation is 1. The van der Waals surface area contributed by atoms with Crippen molar-refractivity contribution in [2.45, 2.75) is 12.8 Å². The first-order valence-corrected chi connectivity index (χ1v) is 7.12. The van der Waals surface area contributed by atoms with Gasteiger partial charge in [-0.2, -0.15) is 0 Å². The van der Waals surface area contributed by atoms with Crippen molar-refractivity contribution in [2.75, 3.05) is 6.61 Å². The number of esters is 1. The molecule has 0 unspecified atom stereocenters. The minimum absolute atomic E-state index is 0.292. The molecule has 1 heterocycles. The van der Waals surface area contributed by atoms with Gasteiger partial charge in [0.1, 0.15) is 5.69 Å². The second-order valence-electron chi connectivity index (χ2n) is 5.00. The predicted octanol–water partition coefficient (Wildman–Crippen LogP) is 3.96. The molecule has 0 aliphatic rings. The minimum atomic E-state index is -0.292. The second kappa shape index (κ2) is 6.27. The molecular formula is C18H17NO2. The molecule has 0 aliphatic carbocycles. The van der Waals surface area contributed by atoms with Crippen molar-refractivity contribution in [2.24, 2.45) is 0 Å². The molecule has 0 spiro atoms. The van der Waals surface area contributed by atoms with Crippen LogP contribution in [0, 0.1) is 0 Å². The van der Waals surface area contributed by atoms with E-state index in [4.69, 9.17) is 4.74 Å². The van der Waals surface area contributed by atoms with Gasteiger partial charge < -0.3 is 9.72 Å². The van der Waals surface area contributed by atoms with Gasteiger partial charge in [0, 0.05) is 10.9 Å². The van der Waals surface area contributed by atoms with Crippen molar-refractivity contribution in [1.82, 2.24) is 4.98 Å². The molecule has 0 radical (unpaired) electrons. The fourth-order valence-electron chi connectivity index (χ4n) is 2.35. The van der Waals surface area contributed by atoms with Crippen LogP contribution in [0.3, 0.4) is 0 Å². The van der Waals surface area contributed by atoms with Gasteiger partial charge in [0.25, 0.3) is 0 Å². The SMILES string of the molecule is O=C(OCCCc1ccccc1)c1cc2ccccc2[nH]1. The van der Waals surface area contributed by atoms with Crippen LogP contribution in [0.15, 0.2) is 60.7 Å². The summed E-state index contributed by atoms with van der Waals surface area (Å²) in [5.74, 6) is -0.292. The molecule has 3 nitrogen and oxygen atoms in total. The molecule has 3 rings (SSSR count). The molecule has 1 aromatic heterocycles. The van der Waals surface area contributed by atoms with Crippen molar-refractivity contribution in [3.63, 3.8) is 0 Å². The van der Waals surface area contributed by atoms with Gasteiger partial charge in [-0.1, -0.05) is 48.5 Å². The van der Waals surface area contributed by atoms with E-state index in [9.17, 15) is 4.79 Å². The lowest BCUT2D eigenvalue weighted by molar-refractivity contribution is 0.0495. The van der Waals surface area contributed by atoms with Crippen LogP contribution in [0.4, 0.5) is 0 Å². The van der Waals surface area contributed by atoms with Crippen LogP contribution < -0.4 is 0 Å². The Labute approximate surface area is 123 Å². The summed E-state index contributed by atoms with van der Waals surface area (Å²) in [6, 6.07) is 19.8. The summed E-state index contributed by atoms with van der Waals surface area (Å²) < 4.78 is 5.31. The average molecular weight is 279 g/mol. The van der Waals surface area contributed by atoms with Crippen LogP contribution in [-0.4, -0.2) is 17.6 Å². The zero-order chi connectivity index (χ0) is 14.5. The molecule has 0 bridgehead atoms. The van der Waals surface area contributed by atoms with Gasteiger partial charge in [-0.25, -0.2) is 4.79 Å². The summed E-state index contributed by atoms with van der Waals surface area (Å²) in [5, 5.41) is 1.02. The lowest BCUT2D eigenvalue weighted by Crippen LogP contribution is -2.07. The van der Waals surface area contributed by atoms with Crippen LogP contribution in [0.5, 0.6) is 0 Å². The number of aromatic nitrogens is 1. The van der Waals surface area contributed by atoms with Gasteiger partial charge in [0.15, 0.2) is 0 Å². The van der Waals surface area contributed by atoms with Crippen LogP contribution in [0.25, 0.3) is 10.9 Å². The molecule has 106 valence electrons. The van der Waals surface area contributed by atoms with E-state index >= 15 is 0 Å². The third-order valence-electron chi connectivity index (χ3n) is 3.44. The zero-order valence-corrected chi connectivity index (χ0v) is 11.7. The summed E-state index contributed by atoms with van der Waals surface area (Å²) in [6.07, 6.45) is 1.75. The maximum atomic E-state index is 12.0. The quantitative estimate of drug-likeness (QED) is 0.567. The number of hydrogen-bond donors (Lipinski definition) is 1. The van der Waals surface area contributed by atoms with Crippen molar-refractivity contribution >= 4 is 16.9 Å². The van der Waals surface area contributed by atoms with Gasteiger partial charge in [0.05, 0.1) is 6.61 Å². The predicted molar refractivity (Wildman–Crippen MR) is 83.3 cm³/mol. The van der Waals surface area contributed by atoms with Crippen LogP contribution in [0.2, 0.25) is 0 Å². The number of fused-ring (bicyclic) bond motifs is 1. The molecule has 0 saturated carbocycles. The van der Waals surface area contributed by atoms with Crippen molar-refractivity contribution in [3.8, 4) is 0 Å². The number of H-pyrrole nitrogens is 1. The number of rotatable bonds is 5. The Bertz CT molecular complexity index is 698. The first kappa shape index (κ1) is 13.4. The topological polar surface area (TPSA) is 42.1 Å². The average Bonchev–Trinajstić information content (AvgIpc) is 2.96. The third kappa shape index (κ3) is 3.31. The number of ether oxygens (including phenoxy) is 1. The molecule has 0 amide bonds. The normalized spacial score (nSPS) is 10.7. The van der Waals surface area contributed by atoms with E-state index in [1.807, 2.05) is 48.5 Å². The lowest BCUT2D eigenvalue weighted by atomic mass is 10.1. The smallest absolute Gasteiger partial charge is 0.354 e. The van der Waals surface area contributed by atoms with E-state index in [1.54, 1.807) is 0 Å². The molecule has 2 aromatic carbocycles. The number of benzene rings is 2. The van der Waals surface area contributed by atoms with Crippen LogP contribution in [0.1, 0.15) is 22.5 Å². The molecule has 3 heteroatoms. The van der Waals surface area contributed by atoms with Crippen molar-refractivity contribution in [1.29, 1.82) is 0 Å². The molecule has 0 fully saturated rings. The van der Waals surface area contributed by atoms with E-state index in [1.165, 1.54) is 5.56 Å². The Morgan fingerprint density at radius 2 is 1.76 bits per heavy atom. The standard InChI is InChI=1S/C18H17NO2/c20-18(17-13-15-10-4-5-11-16(15)19-17)21-12-6-9-14-7-2-1-3-8-14/h1-5,7-8,10-11,13,19H,6,9,12H2. The van der Waals surface area contributed by atoms with Gasteiger partial charge in [-0.15, -0.1) is 0 Å². The highest BCUT2D eigenvalue weighted by atomic mass is 16.5. The Kier molecular flexibility index (Phi) is 4.01.